The van der Waals surface area contributed by atoms with Gasteiger partial charge in [0.25, 0.3) is 0 Å². The maximum absolute atomic E-state index is 6.07. The van der Waals surface area contributed by atoms with E-state index in [1.165, 1.54) is 46.2 Å². The molecule has 6 rings (SSSR count). The largest absolute Gasteiger partial charge is 0.493 e. The lowest BCUT2D eigenvalue weighted by Crippen LogP contribution is -2.46. The standard InChI is InChI=1S/C31H36N4O/c1-2-7-25(8-3-1)24-35-17-14-28-30(10-4-11-31(28)35)34-20-18-33(19-21-34)16-6-22-36-27-13-12-26-9-5-15-32-29(26)23-27/h1-4,7-8,10-14,17,23,32H,5-6,9,15-16,18-22,24H2. The van der Waals surface area contributed by atoms with E-state index in [0.717, 1.165) is 64.6 Å². The number of nitrogens with one attached hydrogen (secondary N) is 1. The number of hydrogen-bond acceptors (Lipinski definition) is 4. The summed E-state index contributed by atoms with van der Waals surface area (Å²) in [6, 6.07) is 26.2. The van der Waals surface area contributed by atoms with Crippen LogP contribution in [-0.4, -0.2) is 55.3 Å². The zero-order valence-corrected chi connectivity index (χ0v) is 21.0. The van der Waals surface area contributed by atoms with Gasteiger partial charge in [-0.15, -0.1) is 0 Å². The summed E-state index contributed by atoms with van der Waals surface area (Å²) in [5, 5.41) is 4.85. The lowest BCUT2D eigenvalue weighted by molar-refractivity contribution is 0.225. The number of benzene rings is 3. The first-order valence-electron chi connectivity index (χ1n) is 13.4. The van der Waals surface area contributed by atoms with Crippen molar-refractivity contribution < 1.29 is 4.74 Å². The van der Waals surface area contributed by atoms with Gasteiger partial charge >= 0.3 is 0 Å². The molecule has 0 atom stereocenters. The predicted octanol–water partition coefficient (Wildman–Crippen LogP) is 5.64. The van der Waals surface area contributed by atoms with Gasteiger partial charge in [0.2, 0.25) is 0 Å². The quantitative estimate of drug-likeness (QED) is 0.331. The van der Waals surface area contributed by atoms with Gasteiger partial charge in [-0.3, -0.25) is 4.90 Å². The molecule has 36 heavy (non-hydrogen) atoms. The van der Waals surface area contributed by atoms with E-state index in [0.29, 0.717) is 0 Å². The molecule has 0 radical (unpaired) electrons. The van der Waals surface area contributed by atoms with Crippen LogP contribution in [0.2, 0.25) is 0 Å². The molecule has 1 aromatic heterocycles. The zero-order chi connectivity index (χ0) is 24.2. The Morgan fingerprint density at radius 3 is 2.64 bits per heavy atom. The van der Waals surface area contributed by atoms with Crippen molar-refractivity contribution in [2.75, 3.05) is 56.1 Å². The van der Waals surface area contributed by atoms with Crippen LogP contribution in [0.4, 0.5) is 11.4 Å². The third-order valence-corrected chi connectivity index (χ3v) is 7.61. The number of hydrogen-bond donors (Lipinski definition) is 1. The Morgan fingerprint density at radius 2 is 1.75 bits per heavy atom. The minimum Gasteiger partial charge on any atom is -0.493 e. The Hall–Kier alpha value is -3.44. The first kappa shape index (κ1) is 23.0. The van der Waals surface area contributed by atoms with E-state index in [1.54, 1.807) is 0 Å². The molecule has 3 aromatic carbocycles. The number of fused-ring (bicyclic) bond motifs is 2. The normalized spacial score (nSPS) is 16.1. The SMILES string of the molecule is c1ccc(Cn2ccc3c(N4CCN(CCCOc5ccc6c(c5)NCCC6)CC4)cccc32)cc1. The summed E-state index contributed by atoms with van der Waals surface area (Å²) in [7, 11) is 0. The Morgan fingerprint density at radius 1 is 0.861 bits per heavy atom. The Kier molecular flexibility index (Phi) is 6.81. The third-order valence-electron chi connectivity index (χ3n) is 7.61. The van der Waals surface area contributed by atoms with Crippen LogP contribution >= 0.6 is 0 Å². The van der Waals surface area contributed by atoms with Crippen LogP contribution in [0.1, 0.15) is 24.0 Å². The lowest BCUT2D eigenvalue weighted by atomic mass is 10.0. The number of aromatic nitrogens is 1. The van der Waals surface area contributed by atoms with Gasteiger partial charge in [0, 0.05) is 74.8 Å². The molecule has 0 spiro atoms. The number of piperazine rings is 1. The second kappa shape index (κ2) is 10.7. The van der Waals surface area contributed by atoms with Crippen molar-refractivity contribution in [3.8, 4) is 5.75 Å². The highest BCUT2D eigenvalue weighted by atomic mass is 16.5. The molecule has 0 amide bonds. The minimum absolute atomic E-state index is 0.771. The Labute approximate surface area is 214 Å². The van der Waals surface area contributed by atoms with Crippen LogP contribution in [0.15, 0.2) is 79.0 Å². The van der Waals surface area contributed by atoms with Crippen molar-refractivity contribution in [3.05, 3.63) is 90.1 Å². The molecule has 5 heteroatoms. The molecular weight excluding hydrogens is 444 g/mol. The van der Waals surface area contributed by atoms with Gasteiger partial charge in [-0.1, -0.05) is 42.5 Å². The number of nitrogens with zero attached hydrogens (tertiary/aromatic N) is 3. The molecule has 2 aliphatic heterocycles. The molecular formula is C31H36N4O. The number of anilines is 2. The first-order valence-corrected chi connectivity index (χ1v) is 13.4. The smallest absolute Gasteiger partial charge is 0.121 e. The van der Waals surface area contributed by atoms with E-state index < -0.39 is 0 Å². The Balaban J connectivity index is 1.00. The summed E-state index contributed by atoms with van der Waals surface area (Å²) in [5.41, 5.74) is 6.67. The van der Waals surface area contributed by atoms with Gasteiger partial charge in [-0.25, -0.2) is 0 Å². The average molecular weight is 481 g/mol. The highest BCUT2D eigenvalue weighted by Crippen LogP contribution is 2.29. The lowest BCUT2D eigenvalue weighted by Gasteiger charge is -2.36. The molecule has 4 aromatic rings. The molecule has 1 saturated heterocycles. The van der Waals surface area contributed by atoms with Crippen LogP contribution in [0.3, 0.4) is 0 Å². The van der Waals surface area contributed by atoms with E-state index >= 15 is 0 Å². The molecule has 5 nitrogen and oxygen atoms in total. The Bertz CT molecular complexity index is 1290. The third kappa shape index (κ3) is 5.07. The van der Waals surface area contributed by atoms with Crippen molar-refractivity contribution in [3.63, 3.8) is 0 Å². The predicted molar refractivity (Wildman–Crippen MR) is 149 cm³/mol. The molecule has 0 unspecified atom stereocenters. The molecule has 2 aliphatic rings. The van der Waals surface area contributed by atoms with Crippen molar-refractivity contribution >= 4 is 22.3 Å². The van der Waals surface area contributed by atoms with Crippen LogP contribution < -0.4 is 15.0 Å². The summed E-state index contributed by atoms with van der Waals surface area (Å²) >= 11 is 0. The van der Waals surface area contributed by atoms with Gasteiger partial charge in [0.05, 0.1) is 12.1 Å². The van der Waals surface area contributed by atoms with E-state index in [-0.39, 0.29) is 0 Å². The fraction of sp³-hybridized carbons (Fsp3) is 0.355. The second-order valence-corrected chi connectivity index (χ2v) is 10.0. The average Bonchev–Trinajstić information content (AvgIpc) is 3.35. The molecule has 0 bridgehead atoms. The molecule has 1 fully saturated rings. The van der Waals surface area contributed by atoms with Crippen molar-refractivity contribution in [2.45, 2.75) is 25.8 Å². The van der Waals surface area contributed by atoms with Gasteiger partial charge in [0.15, 0.2) is 0 Å². The molecule has 3 heterocycles. The topological polar surface area (TPSA) is 32.7 Å². The van der Waals surface area contributed by atoms with Crippen LogP contribution in [0.5, 0.6) is 5.75 Å². The van der Waals surface area contributed by atoms with E-state index in [4.69, 9.17) is 4.74 Å². The van der Waals surface area contributed by atoms with Gasteiger partial charge < -0.3 is 19.5 Å². The van der Waals surface area contributed by atoms with Crippen molar-refractivity contribution in [2.24, 2.45) is 0 Å². The summed E-state index contributed by atoms with van der Waals surface area (Å²) in [5.74, 6) is 0.986. The second-order valence-electron chi connectivity index (χ2n) is 10.0. The maximum Gasteiger partial charge on any atom is 0.121 e. The number of aryl methyl sites for hydroxylation is 1. The number of ether oxygens (including phenoxy) is 1. The molecule has 1 N–H and O–H groups in total. The monoisotopic (exact) mass is 480 g/mol. The summed E-state index contributed by atoms with van der Waals surface area (Å²) in [6.07, 6.45) is 5.68. The number of rotatable bonds is 8. The fourth-order valence-electron chi connectivity index (χ4n) is 5.62. The highest BCUT2D eigenvalue weighted by Gasteiger charge is 2.19. The van der Waals surface area contributed by atoms with E-state index in [2.05, 4.69) is 98.7 Å². The maximum atomic E-state index is 6.07. The van der Waals surface area contributed by atoms with Crippen LogP contribution in [-0.2, 0) is 13.0 Å². The first-order chi connectivity index (χ1) is 17.8. The summed E-state index contributed by atoms with van der Waals surface area (Å²) < 4.78 is 8.43. The minimum atomic E-state index is 0.771. The summed E-state index contributed by atoms with van der Waals surface area (Å²) in [4.78, 5) is 5.14. The fourth-order valence-corrected chi connectivity index (χ4v) is 5.62. The molecule has 0 saturated carbocycles. The van der Waals surface area contributed by atoms with Gasteiger partial charge in [-0.05, 0) is 54.7 Å². The van der Waals surface area contributed by atoms with Crippen LogP contribution in [0.25, 0.3) is 10.9 Å². The van der Waals surface area contributed by atoms with Crippen molar-refractivity contribution in [1.29, 1.82) is 0 Å². The van der Waals surface area contributed by atoms with Gasteiger partial charge in [0.1, 0.15) is 5.75 Å². The van der Waals surface area contributed by atoms with Crippen LogP contribution in [0, 0.1) is 0 Å². The molecule has 186 valence electrons. The van der Waals surface area contributed by atoms with E-state index in [1.807, 2.05) is 0 Å². The van der Waals surface area contributed by atoms with Crippen molar-refractivity contribution in [1.82, 2.24) is 9.47 Å². The highest BCUT2D eigenvalue weighted by molar-refractivity contribution is 5.93. The van der Waals surface area contributed by atoms with Gasteiger partial charge in [-0.2, -0.15) is 0 Å². The molecule has 0 aliphatic carbocycles. The van der Waals surface area contributed by atoms with E-state index in [9.17, 15) is 0 Å². The summed E-state index contributed by atoms with van der Waals surface area (Å²) in [6.45, 7) is 8.18. The zero-order valence-electron chi connectivity index (χ0n) is 21.0.